The Hall–Kier alpha value is -1.37. The average molecular weight is 363 g/mol. The lowest BCUT2D eigenvalue weighted by Crippen LogP contribution is -2.38. The molecular weight excluding hydrogens is 340 g/mol. The van der Waals surface area contributed by atoms with Gasteiger partial charge in [0.05, 0.1) is 7.11 Å². The van der Waals surface area contributed by atoms with Crippen molar-refractivity contribution < 1.29 is 9.53 Å². The molecule has 1 aliphatic carbocycles. The number of methoxy groups -OCH3 is 1. The molecule has 2 aromatic heterocycles. The van der Waals surface area contributed by atoms with Crippen LogP contribution in [-0.2, 0) is 6.54 Å². The zero-order chi connectivity index (χ0) is 16.6. The molecule has 1 saturated carbocycles. The molecule has 1 saturated heterocycles. The lowest BCUT2D eigenvalue weighted by molar-refractivity contribution is 0.0694. The lowest BCUT2D eigenvalue weighted by Gasteiger charge is -2.29. The molecule has 0 aromatic carbocycles. The highest BCUT2D eigenvalue weighted by Crippen LogP contribution is 2.56. The summed E-state index contributed by atoms with van der Waals surface area (Å²) in [6, 6.07) is 4.36. The first-order valence-corrected chi connectivity index (χ1v) is 10.2. The second-order valence-corrected chi connectivity index (χ2v) is 8.41. The van der Waals surface area contributed by atoms with Crippen LogP contribution in [0.3, 0.4) is 0 Å². The minimum atomic E-state index is 0.119. The standard InChI is InChI=1S/C18H22N2O2S2/c1-22-14-3-9-24-16(14)17(21)20(11-13-2-8-23-12-13)15-10-18(15)4-6-19-7-5-18/h2-3,8-9,12,15,19H,4-7,10-11H2,1H3. The van der Waals surface area contributed by atoms with E-state index in [9.17, 15) is 4.79 Å². The van der Waals surface area contributed by atoms with E-state index in [0.29, 0.717) is 23.8 Å². The second-order valence-electron chi connectivity index (χ2n) is 6.72. The van der Waals surface area contributed by atoms with Gasteiger partial charge in [-0.1, -0.05) is 0 Å². The predicted octanol–water partition coefficient (Wildman–Crippen LogP) is 3.60. The molecule has 2 fully saturated rings. The van der Waals surface area contributed by atoms with Crippen LogP contribution in [0.2, 0.25) is 0 Å². The molecule has 24 heavy (non-hydrogen) atoms. The molecule has 4 nitrogen and oxygen atoms in total. The number of thiophene rings is 2. The number of amides is 1. The summed E-state index contributed by atoms with van der Waals surface area (Å²) >= 11 is 3.17. The van der Waals surface area contributed by atoms with Crippen molar-refractivity contribution in [3.8, 4) is 5.75 Å². The monoisotopic (exact) mass is 362 g/mol. The molecule has 4 rings (SSSR count). The summed E-state index contributed by atoms with van der Waals surface area (Å²) in [6.45, 7) is 2.84. The maximum Gasteiger partial charge on any atom is 0.268 e. The van der Waals surface area contributed by atoms with E-state index in [0.717, 1.165) is 24.4 Å². The van der Waals surface area contributed by atoms with Crippen LogP contribution >= 0.6 is 22.7 Å². The molecule has 128 valence electrons. The van der Waals surface area contributed by atoms with Crippen molar-refractivity contribution in [2.75, 3.05) is 20.2 Å². The highest BCUT2D eigenvalue weighted by atomic mass is 32.1. The normalized spacial score (nSPS) is 21.6. The number of nitrogens with one attached hydrogen (secondary N) is 1. The summed E-state index contributed by atoms with van der Waals surface area (Å²) in [5.41, 5.74) is 1.56. The molecule has 2 aliphatic rings. The van der Waals surface area contributed by atoms with Gasteiger partial charge in [-0.3, -0.25) is 4.79 Å². The summed E-state index contributed by atoms with van der Waals surface area (Å²) in [5, 5.41) is 9.60. The number of hydrogen-bond donors (Lipinski definition) is 1. The van der Waals surface area contributed by atoms with Crippen molar-refractivity contribution in [3.05, 3.63) is 38.7 Å². The minimum Gasteiger partial charge on any atom is -0.495 e. The molecule has 1 spiro atoms. The van der Waals surface area contributed by atoms with Crippen molar-refractivity contribution in [1.29, 1.82) is 0 Å². The SMILES string of the molecule is COc1ccsc1C(=O)N(Cc1ccsc1)C1CC12CCNCC2. The molecule has 1 amide bonds. The average Bonchev–Trinajstić information content (AvgIpc) is 3.05. The highest BCUT2D eigenvalue weighted by molar-refractivity contribution is 7.12. The van der Waals surface area contributed by atoms with Crippen LogP contribution in [0.5, 0.6) is 5.75 Å². The van der Waals surface area contributed by atoms with E-state index < -0.39 is 0 Å². The van der Waals surface area contributed by atoms with Crippen molar-refractivity contribution >= 4 is 28.6 Å². The fourth-order valence-electron chi connectivity index (χ4n) is 3.88. The van der Waals surface area contributed by atoms with Gasteiger partial charge in [0, 0.05) is 12.6 Å². The fourth-order valence-corrected chi connectivity index (χ4v) is 5.35. The maximum atomic E-state index is 13.3. The molecule has 0 radical (unpaired) electrons. The van der Waals surface area contributed by atoms with Crippen LogP contribution in [0.4, 0.5) is 0 Å². The lowest BCUT2D eigenvalue weighted by atomic mass is 9.93. The molecule has 1 aliphatic heterocycles. The summed E-state index contributed by atoms with van der Waals surface area (Å²) < 4.78 is 5.38. The maximum absolute atomic E-state index is 13.3. The second kappa shape index (κ2) is 6.50. The molecular formula is C18H22N2O2S2. The van der Waals surface area contributed by atoms with E-state index in [-0.39, 0.29) is 5.91 Å². The number of nitrogens with zero attached hydrogens (tertiary/aromatic N) is 1. The van der Waals surface area contributed by atoms with E-state index in [2.05, 4.69) is 27.0 Å². The van der Waals surface area contributed by atoms with Gasteiger partial charge >= 0.3 is 0 Å². The van der Waals surface area contributed by atoms with Crippen LogP contribution in [0.15, 0.2) is 28.3 Å². The Bertz CT molecular complexity index is 704. The minimum absolute atomic E-state index is 0.119. The van der Waals surface area contributed by atoms with E-state index in [1.165, 1.54) is 29.7 Å². The van der Waals surface area contributed by atoms with Gasteiger partial charge in [-0.15, -0.1) is 11.3 Å². The van der Waals surface area contributed by atoms with Gasteiger partial charge in [-0.05, 0) is 71.6 Å². The van der Waals surface area contributed by atoms with Gasteiger partial charge in [-0.25, -0.2) is 0 Å². The molecule has 2 aromatic rings. The van der Waals surface area contributed by atoms with Crippen LogP contribution < -0.4 is 10.1 Å². The summed E-state index contributed by atoms with van der Waals surface area (Å²) in [6.07, 6.45) is 3.48. The molecule has 1 atom stereocenters. The van der Waals surface area contributed by atoms with Gasteiger partial charge in [-0.2, -0.15) is 11.3 Å². The summed E-state index contributed by atoms with van der Waals surface area (Å²) in [7, 11) is 1.63. The topological polar surface area (TPSA) is 41.6 Å². The van der Waals surface area contributed by atoms with Gasteiger partial charge in [0.1, 0.15) is 10.6 Å². The first-order valence-electron chi connectivity index (χ1n) is 8.38. The van der Waals surface area contributed by atoms with Crippen LogP contribution in [0.1, 0.15) is 34.5 Å². The van der Waals surface area contributed by atoms with Crippen molar-refractivity contribution in [2.24, 2.45) is 5.41 Å². The Morgan fingerprint density at radius 3 is 2.92 bits per heavy atom. The number of hydrogen-bond acceptors (Lipinski definition) is 5. The van der Waals surface area contributed by atoms with Gasteiger partial charge in [0.2, 0.25) is 0 Å². The molecule has 1 unspecified atom stereocenters. The smallest absolute Gasteiger partial charge is 0.268 e. The Kier molecular flexibility index (Phi) is 4.37. The van der Waals surface area contributed by atoms with E-state index in [1.54, 1.807) is 18.4 Å². The fraction of sp³-hybridized carbons (Fsp3) is 0.500. The quantitative estimate of drug-likeness (QED) is 0.884. The van der Waals surface area contributed by atoms with Crippen molar-refractivity contribution in [1.82, 2.24) is 10.2 Å². The number of carbonyl (C=O) groups excluding carboxylic acids is 1. The summed E-state index contributed by atoms with van der Waals surface area (Å²) in [5.74, 6) is 0.814. The molecule has 6 heteroatoms. The zero-order valence-corrected chi connectivity index (χ0v) is 15.4. The number of ether oxygens (including phenoxy) is 1. The van der Waals surface area contributed by atoms with Crippen LogP contribution in [0, 0.1) is 5.41 Å². The largest absolute Gasteiger partial charge is 0.495 e. The van der Waals surface area contributed by atoms with Crippen molar-refractivity contribution in [3.63, 3.8) is 0 Å². The Balaban J connectivity index is 1.60. The van der Waals surface area contributed by atoms with Crippen LogP contribution in [0.25, 0.3) is 0 Å². The van der Waals surface area contributed by atoms with Gasteiger partial charge < -0.3 is 15.0 Å². The van der Waals surface area contributed by atoms with Crippen molar-refractivity contribution in [2.45, 2.75) is 31.8 Å². The predicted molar refractivity (Wildman–Crippen MR) is 98.0 cm³/mol. The van der Waals surface area contributed by atoms with E-state index in [4.69, 9.17) is 4.74 Å². The third-order valence-electron chi connectivity index (χ3n) is 5.36. The number of carbonyl (C=O) groups is 1. The van der Waals surface area contributed by atoms with Crippen LogP contribution in [-0.4, -0.2) is 37.0 Å². The van der Waals surface area contributed by atoms with E-state index >= 15 is 0 Å². The highest BCUT2D eigenvalue weighted by Gasteiger charge is 2.58. The molecule has 0 bridgehead atoms. The molecule has 3 heterocycles. The summed E-state index contributed by atoms with van der Waals surface area (Å²) in [4.78, 5) is 16.1. The first kappa shape index (κ1) is 16.1. The number of rotatable bonds is 5. The Morgan fingerprint density at radius 2 is 2.21 bits per heavy atom. The third-order valence-corrected chi connectivity index (χ3v) is 6.98. The third kappa shape index (κ3) is 2.87. The van der Waals surface area contributed by atoms with Gasteiger partial charge in [0.15, 0.2) is 0 Å². The zero-order valence-electron chi connectivity index (χ0n) is 13.8. The molecule has 1 N–H and O–H groups in total. The number of piperidine rings is 1. The van der Waals surface area contributed by atoms with E-state index in [1.807, 2.05) is 11.4 Å². The Labute approximate surface area is 150 Å². The Morgan fingerprint density at radius 1 is 1.38 bits per heavy atom. The van der Waals surface area contributed by atoms with Gasteiger partial charge in [0.25, 0.3) is 5.91 Å². The first-order chi connectivity index (χ1) is 11.7.